The fraction of sp³-hybridized carbons (Fsp3) is 0.387. The smallest absolute Gasteiger partial charge is 0.307 e. The first-order chi connectivity index (χ1) is 19.3. The molecule has 2 heterocycles. The molecule has 0 aromatic heterocycles. The molecule has 2 aliphatic rings. The van der Waals surface area contributed by atoms with Gasteiger partial charge in [-0.1, -0.05) is 48.0 Å². The molecule has 3 aromatic rings. The van der Waals surface area contributed by atoms with Gasteiger partial charge in [-0.2, -0.15) is 4.31 Å². The molecule has 0 unspecified atom stereocenters. The van der Waals surface area contributed by atoms with Crippen LogP contribution in [-0.2, 0) is 32.6 Å². The van der Waals surface area contributed by atoms with Crippen LogP contribution in [0.25, 0.3) is 0 Å². The molecule has 0 amide bonds. The lowest BCUT2D eigenvalue weighted by molar-refractivity contribution is -0.144. The second-order valence-electron chi connectivity index (χ2n) is 10.3. The summed E-state index contributed by atoms with van der Waals surface area (Å²) in [6.45, 7) is 5.11. The van der Waals surface area contributed by atoms with Crippen molar-refractivity contribution in [2.24, 2.45) is 0 Å². The summed E-state index contributed by atoms with van der Waals surface area (Å²) in [7, 11) is -0.798. The third kappa shape index (κ3) is 5.33. The van der Waals surface area contributed by atoms with Gasteiger partial charge in [-0.05, 0) is 49.6 Å². The molecule has 0 N–H and O–H groups in total. The average molecular weight is 565 g/mol. The number of hydrogen-bond donors (Lipinski definition) is 0. The van der Waals surface area contributed by atoms with Crippen molar-refractivity contribution in [2.75, 3.05) is 20.8 Å². The van der Waals surface area contributed by atoms with Crippen molar-refractivity contribution >= 4 is 16.0 Å². The highest BCUT2D eigenvalue weighted by molar-refractivity contribution is 7.89. The Labute approximate surface area is 236 Å². The summed E-state index contributed by atoms with van der Waals surface area (Å²) < 4.78 is 47.1. The number of hydrogen-bond acceptors (Lipinski definition) is 7. The summed E-state index contributed by atoms with van der Waals surface area (Å²) in [5, 5.41) is 0. The van der Waals surface area contributed by atoms with E-state index in [1.807, 2.05) is 37.3 Å². The third-order valence-corrected chi connectivity index (χ3v) is 9.81. The number of carbonyl (C=O) groups is 1. The van der Waals surface area contributed by atoms with Gasteiger partial charge in [0.2, 0.25) is 10.0 Å². The average Bonchev–Trinajstić information content (AvgIpc) is 3.34. The van der Waals surface area contributed by atoms with Crippen molar-refractivity contribution in [1.29, 1.82) is 0 Å². The number of esters is 1. The van der Waals surface area contributed by atoms with E-state index >= 15 is 0 Å². The minimum Gasteiger partial charge on any atom is -0.497 e. The standard InChI is InChI=1S/C31H36N2O6S/c1-5-39-30(34)16-23-15-28-31(33(23)40(35,36)25-13-11-21(2)12-14-25)26-17-24(37-3)18-29(38-4)27(26)20-32(28)19-22-9-7-6-8-10-22/h6-14,17-18,23,28,31H,5,15-16,19-20H2,1-4H3/t23-,28+,31-/m0/s1. The lowest BCUT2D eigenvalue weighted by Crippen LogP contribution is -2.45. The highest BCUT2D eigenvalue weighted by Gasteiger charge is 2.53. The summed E-state index contributed by atoms with van der Waals surface area (Å²) in [5.74, 6) is 0.827. The van der Waals surface area contributed by atoms with Gasteiger partial charge in [-0.15, -0.1) is 0 Å². The Balaban J connectivity index is 1.68. The molecule has 5 rings (SSSR count). The summed E-state index contributed by atoms with van der Waals surface area (Å²) in [6.07, 6.45) is 0.460. The zero-order chi connectivity index (χ0) is 28.4. The van der Waals surface area contributed by atoms with Gasteiger partial charge in [0.1, 0.15) is 11.5 Å². The van der Waals surface area contributed by atoms with Gasteiger partial charge >= 0.3 is 5.97 Å². The van der Waals surface area contributed by atoms with E-state index in [4.69, 9.17) is 14.2 Å². The summed E-state index contributed by atoms with van der Waals surface area (Å²) >= 11 is 0. The number of rotatable bonds is 9. The van der Waals surface area contributed by atoms with Crippen molar-refractivity contribution in [2.45, 2.75) is 62.8 Å². The molecule has 0 saturated carbocycles. The predicted molar refractivity (Wildman–Crippen MR) is 152 cm³/mol. The fourth-order valence-electron chi connectivity index (χ4n) is 6.05. The van der Waals surface area contributed by atoms with Crippen LogP contribution < -0.4 is 9.47 Å². The first kappa shape index (κ1) is 28.1. The molecule has 3 atom stereocenters. The zero-order valence-corrected chi connectivity index (χ0v) is 24.2. The lowest BCUT2D eigenvalue weighted by atomic mass is 9.88. The Bertz CT molecular complexity index is 1460. The Morgan fingerprint density at radius 2 is 1.73 bits per heavy atom. The van der Waals surface area contributed by atoms with Crippen LogP contribution in [0, 0.1) is 6.92 Å². The summed E-state index contributed by atoms with van der Waals surface area (Å²) in [4.78, 5) is 15.3. The van der Waals surface area contributed by atoms with Crippen LogP contribution in [0.1, 0.15) is 48.1 Å². The first-order valence-electron chi connectivity index (χ1n) is 13.6. The molecule has 3 aromatic carbocycles. The normalized spacial score (nSPS) is 20.9. The minimum atomic E-state index is -4.00. The van der Waals surface area contributed by atoms with Crippen molar-refractivity contribution in [3.05, 3.63) is 89.0 Å². The molecular weight excluding hydrogens is 528 g/mol. The predicted octanol–water partition coefficient (Wildman–Crippen LogP) is 4.85. The van der Waals surface area contributed by atoms with Gasteiger partial charge in [0, 0.05) is 36.8 Å². The number of ether oxygens (including phenoxy) is 3. The van der Waals surface area contributed by atoms with E-state index in [0.717, 1.165) is 22.3 Å². The van der Waals surface area contributed by atoms with Gasteiger partial charge in [0.05, 0.1) is 38.2 Å². The SMILES string of the molecule is CCOC(=O)C[C@@H]1C[C@@H]2[C@H](c3cc(OC)cc(OC)c3CN2Cc2ccccc2)N1S(=O)(=O)c1ccc(C)cc1. The van der Waals surface area contributed by atoms with Crippen LogP contribution in [0.3, 0.4) is 0 Å². The maximum Gasteiger partial charge on any atom is 0.307 e. The van der Waals surface area contributed by atoms with E-state index < -0.39 is 28.1 Å². The van der Waals surface area contributed by atoms with Gasteiger partial charge in [0.25, 0.3) is 0 Å². The van der Waals surface area contributed by atoms with Crippen LogP contribution >= 0.6 is 0 Å². The lowest BCUT2D eigenvalue weighted by Gasteiger charge is -2.41. The molecule has 212 valence electrons. The van der Waals surface area contributed by atoms with E-state index in [1.165, 1.54) is 0 Å². The number of carbonyl (C=O) groups excluding carboxylic acids is 1. The fourth-order valence-corrected chi connectivity index (χ4v) is 7.88. The van der Waals surface area contributed by atoms with E-state index in [1.54, 1.807) is 49.7 Å². The topological polar surface area (TPSA) is 85.4 Å². The van der Waals surface area contributed by atoms with Gasteiger partial charge < -0.3 is 14.2 Å². The second-order valence-corrected chi connectivity index (χ2v) is 12.2. The Morgan fingerprint density at radius 3 is 2.38 bits per heavy atom. The quantitative estimate of drug-likeness (QED) is 0.344. The highest BCUT2D eigenvalue weighted by Crippen LogP contribution is 2.51. The zero-order valence-electron chi connectivity index (χ0n) is 23.4. The number of aryl methyl sites for hydroxylation is 1. The van der Waals surface area contributed by atoms with Crippen LogP contribution in [0.2, 0.25) is 0 Å². The largest absolute Gasteiger partial charge is 0.497 e. The second kappa shape index (κ2) is 11.6. The van der Waals surface area contributed by atoms with Crippen LogP contribution in [-0.4, -0.2) is 56.5 Å². The highest BCUT2D eigenvalue weighted by atomic mass is 32.2. The molecular formula is C31H36N2O6S. The maximum absolute atomic E-state index is 14.4. The molecule has 0 radical (unpaired) electrons. The number of methoxy groups -OCH3 is 2. The molecule has 1 fully saturated rings. The molecule has 40 heavy (non-hydrogen) atoms. The van der Waals surface area contributed by atoms with Crippen LogP contribution in [0.4, 0.5) is 0 Å². The molecule has 2 aliphatic heterocycles. The van der Waals surface area contributed by atoms with Crippen molar-refractivity contribution < 1.29 is 27.4 Å². The Morgan fingerprint density at radius 1 is 1.00 bits per heavy atom. The van der Waals surface area contributed by atoms with Crippen LogP contribution in [0.15, 0.2) is 71.6 Å². The van der Waals surface area contributed by atoms with E-state index in [0.29, 0.717) is 31.0 Å². The first-order valence-corrected chi connectivity index (χ1v) is 15.0. The van der Waals surface area contributed by atoms with Gasteiger partial charge in [-0.3, -0.25) is 9.69 Å². The van der Waals surface area contributed by atoms with E-state index in [-0.39, 0.29) is 24.0 Å². The number of nitrogens with zero attached hydrogens (tertiary/aromatic N) is 2. The maximum atomic E-state index is 14.4. The molecule has 0 aliphatic carbocycles. The van der Waals surface area contributed by atoms with E-state index in [2.05, 4.69) is 17.0 Å². The summed E-state index contributed by atoms with van der Waals surface area (Å²) in [5.41, 5.74) is 3.85. The molecule has 0 bridgehead atoms. The summed E-state index contributed by atoms with van der Waals surface area (Å²) in [6, 6.07) is 19.4. The number of sulfonamides is 1. The molecule has 1 saturated heterocycles. The van der Waals surface area contributed by atoms with Crippen molar-refractivity contribution in [3.8, 4) is 11.5 Å². The Hall–Kier alpha value is -3.40. The molecule has 8 nitrogen and oxygen atoms in total. The number of benzene rings is 3. The van der Waals surface area contributed by atoms with Gasteiger partial charge in [-0.25, -0.2) is 8.42 Å². The van der Waals surface area contributed by atoms with Gasteiger partial charge in [0.15, 0.2) is 0 Å². The third-order valence-electron chi connectivity index (χ3n) is 7.87. The Kier molecular flexibility index (Phi) is 8.16. The monoisotopic (exact) mass is 564 g/mol. The minimum absolute atomic E-state index is 0.0262. The number of fused-ring (bicyclic) bond motifs is 3. The van der Waals surface area contributed by atoms with Crippen molar-refractivity contribution in [1.82, 2.24) is 9.21 Å². The van der Waals surface area contributed by atoms with Crippen LogP contribution in [0.5, 0.6) is 11.5 Å². The molecule has 0 spiro atoms. The van der Waals surface area contributed by atoms with Crippen molar-refractivity contribution in [3.63, 3.8) is 0 Å². The molecule has 9 heteroatoms. The van der Waals surface area contributed by atoms with E-state index in [9.17, 15) is 13.2 Å².